The molecule has 0 fully saturated rings. The zero-order chi connectivity index (χ0) is 22.8. The topological polar surface area (TPSA) is 86.1 Å². The van der Waals surface area contributed by atoms with Gasteiger partial charge in [0.05, 0.1) is 17.3 Å². The Morgan fingerprint density at radius 2 is 1.88 bits per heavy atom. The Morgan fingerprint density at radius 3 is 2.61 bits per heavy atom. The van der Waals surface area contributed by atoms with Crippen LogP contribution in [0, 0.1) is 0 Å². The number of hydrogen-bond acceptors (Lipinski definition) is 5. The van der Waals surface area contributed by atoms with Crippen molar-refractivity contribution in [1.29, 1.82) is 0 Å². The zero-order valence-electron chi connectivity index (χ0n) is 18.0. The van der Waals surface area contributed by atoms with Crippen molar-refractivity contribution in [1.82, 2.24) is 20.1 Å². The average Bonchev–Trinajstić information content (AvgIpc) is 3.39. The lowest BCUT2D eigenvalue weighted by atomic mass is 9.93. The first-order valence-corrected chi connectivity index (χ1v) is 10.7. The molecule has 3 aromatic carbocycles. The molecule has 7 nitrogen and oxygen atoms in total. The van der Waals surface area contributed by atoms with Gasteiger partial charge in [-0.3, -0.25) is 4.79 Å². The lowest BCUT2D eigenvalue weighted by molar-refractivity contribution is 0.0252. The number of benzene rings is 3. The third-order valence-corrected chi connectivity index (χ3v) is 5.84. The molecule has 2 heterocycles. The van der Waals surface area contributed by atoms with Gasteiger partial charge >= 0.3 is 5.97 Å². The van der Waals surface area contributed by atoms with Gasteiger partial charge in [-0.2, -0.15) is 5.10 Å². The van der Waals surface area contributed by atoms with Gasteiger partial charge in [0.2, 0.25) is 0 Å². The van der Waals surface area contributed by atoms with Crippen LogP contribution in [-0.4, -0.2) is 26.6 Å². The molecule has 0 unspecified atom stereocenters. The van der Waals surface area contributed by atoms with E-state index in [1.54, 1.807) is 29.2 Å². The van der Waals surface area contributed by atoms with Crippen molar-refractivity contribution in [3.05, 3.63) is 113 Å². The highest BCUT2D eigenvalue weighted by Crippen LogP contribution is 2.31. The maximum absolute atomic E-state index is 13.0. The lowest BCUT2D eigenvalue weighted by Crippen LogP contribution is -2.28. The predicted octanol–water partition coefficient (Wildman–Crippen LogP) is 4.21. The van der Waals surface area contributed by atoms with Gasteiger partial charge in [0, 0.05) is 12.0 Å². The fourth-order valence-electron chi connectivity index (χ4n) is 4.01. The van der Waals surface area contributed by atoms with Crippen LogP contribution in [-0.2, 0) is 11.2 Å². The van der Waals surface area contributed by atoms with Crippen molar-refractivity contribution in [3.8, 4) is 5.69 Å². The van der Waals surface area contributed by atoms with E-state index in [1.165, 1.54) is 6.33 Å². The molecule has 1 amide bonds. The molecule has 1 aliphatic heterocycles. The van der Waals surface area contributed by atoms with E-state index in [0.717, 1.165) is 22.4 Å². The summed E-state index contributed by atoms with van der Waals surface area (Å²) in [6, 6.07) is 22.3. The van der Waals surface area contributed by atoms with E-state index in [4.69, 9.17) is 4.74 Å². The lowest BCUT2D eigenvalue weighted by Gasteiger charge is -2.25. The first-order valence-electron chi connectivity index (χ1n) is 10.7. The predicted molar refractivity (Wildman–Crippen MR) is 122 cm³/mol. The van der Waals surface area contributed by atoms with Crippen LogP contribution in [0.15, 0.2) is 85.5 Å². The van der Waals surface area contributed by atoms with E-state index >= 15 is 0 Å². The van der Waals surface area contributed by atoms with Crippen LogP contribution in [0.4, 0.5) is 0 Å². The van der Waals surface area contributed by atoms with E-state index in [2.05, 4.69) is 15.4 Å². The molecule has 1 N–H and O–H groups in total. The minimum Gasteiger partial charge on any atom is -0.454 e. The summed E-state index contributed by atoms with van der Waals surface area (Å²) in [5, 5.41) is 7.15. The molecule has 0 aliphatic carbocycles. The Morgan fingerprint density at radius 1 is 1.09 bits per heavy atom. The molecule has 5 rings (SSSR count). The van der Waals surface area contributed by atoms with Gasteiger partial charge in [0.1, 0.15) is 18.8 Å². The number of nitrogens with zero attached hydrogens (tertiary/aromatic N) is 3. The summed E-state index contributed by atoms with van der Waals surface area (Å²) >= 11 is 0. The summed E-state index contributed by atoms with van der Waals surface area (Å²) < 4.78 is 7.28. The van der Waals surface area contributed by atoms with Crippen molar-refractivity contribution >= 4 is 11.9 Å². The molecule has 7 heteroatoms. The van der Waals surface area contributed by atoms with E-state index in [0.29, 0.717) is 17.5 Å². The van der Waals surface area contributed by atoms with Crippen molar-refractivity contribution in [2.24, 2.45) is 0 Å². The quantitative estimate of drug-likeness (QED) is 0.472. The number of fused-ring (bicyclic) bond motifs is 1. The third-order valence-electron chi connectivity index (χ3n) is 5.84. The van der Waals surface area contributed by atoms with E-state index < -0.39 is 0 Å². The maximum atomic E-state index is 13.0. The Labute approximate surface area is 191 Å². The Bertz CT molecular complexity index is 1290. The standard InChI is InChI=1S/C26H22N4O3/c1-17(18-7-10-22(11-8-18)30-16-27-15-28-30)29-25(31)20-9-12-23-21(13-20)14-24(33-26(23)32)19-5-3-2-4-6-19/h2-13,15-17,24H,14H2,1H3,(H,29,31)/t17-,24-/m1/s1. The molecule has 0 bridgehead atoms. The molecule has 0 saturated heterocycles. The second-order valence-corrected chi connectivity index (χ2v) is 8.01. The van der Waals surface area contributed by atoms with Crippen LogP contribution in [0.2, 0.25) is 0 Å². The van der Waals surface area contributed by atoms with Gasteiger partial charge < -0.3 is 10.1 Å². The molecule has 1 aliphatic rings. The first-order chi connectivity index (χ1) is 16.1. The summed E-state index contributed by atoms with van der Waals surface area (Å²) in [6.45, 7) is 1.93. The van der Waals surface area contributed by atoms with Gasteiger partial charge in [0.15, 0.2) is 0 Å². The number of ether oxygens (including phenoxy) is 1. The Kier molecular flexibility index (Phi) is 5.44. The molecule has 0 saturated carbocycles. The number of aromatic nitrogens is 3. The molecule has 164 valence electrons. The smallest absolute Gasteiger partial charge is 0.339 e. The van der Waals surface area contributed by atoms with Gasteiger partial charge in [-0.05, 0) is 53.9 Å². The number of carbonyl (C=O) groups is 2. The van der Waals surface area contributed by atoms with E-state index in [1.807, 2.05) is 61.5 Å². The number of nitrogens with one attached hydrogen (secondary N) is 1. The van der Waals surface area contributed by atoms with Crippen LogP contribution in [0.5, 0.6) is 0 Å². The summed E-state index contributed by atoms with van der Waals surface area (Å²) in [5.74, 6) is -0.557. The number of hydrogen-bond donors (Lipinski definition) is 1. The molecule has 2 atom stereocenters. The van der Waals surface area contributed by atoms with Gasteiger partial charge in [0.25, 0.3) is 5.91 Å². The van der Waals surface area contributed by atoms with Gasteiger partial charge in [-0.25, -0.2) is 14.5 Å². The Hall–Kier alpha value is -4.26. The Balaban J connectivity index is 1.31. The molecule has 0 radical (unpaired) electrons. The van der Waals surface area contributed by atoms with Crippen LogP contribution in [0.1, 0.15) is 56.5 Å². The van der Waals surface area contributed by atoms with Gasteiger partial charge in [-0.15, -0.1) is 0 Å². The SMILES string of the molecule is C[C@@H](NC(=O)c1ccc2c(c1)C[C@H](c1ccccc1)OC2=O)c1ccc(-n2cncn2)cc1. The largest absolute Gasteiger partial charge is 0.454 e. The highest BCUT2D eigenvalue weighted by atomic mass is 16.5. The molecule has 4 aromatic rings. The summed E-state index contributed by atoms with van der Waals surface area (Å²) in [6.07, 6.45) is 3.30. The van der Waals surface area contributed by atoms with Crippen LogP contribution in [0.25, 0.3) is 5.69 Å². The van der Waals surface area contributed by atoms with Crippen molar-refractivity contribution in [2.45, 2.75) is 25.5 Å². The third kappa shape index (κ3) is 4.25. The molecular weight excluding hydrogens is 416 g/mol. The summed E-state index contributed by atoms with van der Waals surface area (Å²) in [5.41, 5.74) is 4.64. The minimum atomic E-state index is -0.363. The van der Waals surface area contributed by atoms with Crippen LogP contribution in [0.3, 0.4) is 0 Å². The highest BCUT2D eigenvalue weighted by molar-refractivity contribution is 5.98. The second-order valence-electron chi connectivity index (χ2n) is 8.01. The van der Waals surface area contributed by atoms with Crippen molar-refractivity contribution in [3.63, 3.8) is 0 Å². The van der Waals surface area contributed by atoms with E-state index in [9.17, 15) is 9.59 Å². The maximum Gasteiger partial charge on any atom is 0.339 e. The van der Waals surface area contributed by atoms with Crippen molar-refractivity contribution < 1.29 is 14.3 Å². The first kappa shape index (κ1) is 20.6. The summed E-state index contributed by atoms with van der Waals surface area (Å²) in [4.78, 5) is 29.4. The zero-order valence-corrected chi connectivity index (χ0v) is 18.0. The monoisotopic (exact) mass is 438 g/mol. The molecular formula is C26H22N4O3. The molecule has 1 aromatic heterocycles. The number of carbonyl (C=O) groups excluding carboxylic acids is 2. The fourth-order valence-corrected chi connectivity index (χ4v) is 4.01. The molecule has 0 spiro atoms. The number of amides is 1. The van der Waals surface area contributed by atoms with E-state index in [-0.39, 0.29) is 24.0 Å². The van der Waals surface area contributed by atoms with Crippen LogP contribution >= 0.6 is 0 Å². The van der Waals surface area contributed by atoms with Crippen LogP contribution < -0.4 is 5.32 Å². The number of esters is 1. The minimum absolute atomic E-state index is 0.194. The fraction of sp³-hybridized carbons (Fsp3) is 0.154. The molecule has 33 heavy (non-hydrogen) atoms. The number of rotatable bonds is 5. The van der Waals surface area contributed by atoms with Crippen molar-refractivity contribution in [2.75, 3.05) is 0 Å². The summed E-state index contributed by atoms with van der Waals surface area (Å²) in [7, 11) is 0. The normalized spacial score (nSPS) is 15.9. The van der Waals surface area contributed by atoms with Gasteiger partial charge in [-0.1, -0.05) is 42.5 Å². The number of cyclic esters (lactones) is 1. The highest BCUT2D eigenvalue weighted by Gasteiger charge is 2.28. The second kappa shape index (κ2) is 8.70. The average molecular weight is 438 g/mol.